The van der Waals surface area contributed by atoms with E-state index in [9.17, 15) is 4.79 Å². The Morgan fingerprint density at radius 2 is 1.67 bits per heavy atom. The lowest BCUT2D eigenvalue weighted by Crippen LogP contribution is -2.31. The first-order chi connectivity index (χ1) is 11.5. The third kappa shape index (κ3) is 4.75. The monoisotopic (exact) mass is 326 g/mol. The number of hydrogen-bond donors (Lipinski definition) is 1. The molecule has 0 aliphatic heterocycles. The Kier molecular flexibility index (Phi) is 6.24. The van der Waals surface area contributed by atoms with Gasteiger partial charge in [-0.2, -0.15) is 0 Å². The van der Waals surface area contributed by atoms with Crippen LogP contribution in [0.2, 0.25) is 0 Å². The summed E-state index contributed by atoms with van der Waals surface area (Å²) in [7, 11) is 0. The molecule has 2 aromatic rings. The summed E-state index contributed by atoms with van der Waals surface area (Å²) in [6, 6.07) is 17.7. The van der Waals surface area contributed by atoms with Crippen molar-refractivity contribution in [3.8, 4) is 5.75 Å². The van der Waals surface area contributed by atoms with Crippen molar-refractivity contribution in [1.82, 2.24) is 0 Å². The van der Waals surface area contributed by atoms with Crippen LogP contribution in [-0.4, -0.2) is 24.6 Å². The maximum atomic E-state index is 12.3. The zero-order valence-corrected chi connectivity index (χ0v) is 14.8. The number of benzene rings is 2. The molecule has 2 aromatic carbocycles. The topological polar surface area (TPSA) is 41.6 Å². The highest BCUT2D eigenvalue weighted by Gasteiger charge is 2.15. The van der Waals surface area contributed by atoms with E-state index >= 15 is 0 Å². The lowest BCUT2D eigenvalue weighted by Gasteiger charge is -2.27. The van der Waals surface area contributed by atoms with Crippen LogP contribution in [-0.2, 0) is 4.79 Å². The fourth-order valence-corrected chi connectivity index (χ4v) is 2.58. The Balaban J connectivity index is 1.96. The van der Waals surface area contributed by atoms with Gasteiger partial charge in [-0.05, 0) is 64.1 Å². The minimum atomic E-state index is -0.560. The molecule has 0 saturated heterocycles. The zero-order chi connectivity index (χ0) is 17.5. The molecule has 0 spiro atoms. The second-order valence-corrected chi connectivity index (χ2v) is 5.99. The van der Waals surface area contributed by atoms with Crippen LogP contribution < -0.4 is 15.0 Å². The lowest BCUT2D eigenvalue weighted by molar-refractivity contribution is -0.122. The van der Waals surface area contributed by atoms with Crippen molar-refractivity contribution >= 4 is 17.3 Å². The summed E-state index contributed by atoms with van der Waals surface area (Å²) in [5.41, 5.74) is 1.92. The van der Waals surface area contributed by atoms with Gasteiger partial charge in [-0.3, -0.25) is 4.79 Å². The molecule has 0 aromatic heterocycles. The van der Waals surface area contributed by atoms with Gasteiger partial charge in [0, 0.05) is 24.0 Å². The van der Waals surface area contributed by atoms with Crippen molar-refractivity contribution in [2.24, 2.45) is 0 Å². The molecule has 0 radical (unpaired) electrons. The fraction of sp³-hybridized carbons (Fsp3) is 0.350. The lowest BCUT2D eigenvalue weighted by atomic mass is 10.2. The zero-order valence-electron chi connectivity index (χ0n) is 14.8. The van der Waals surface area contributed by atoms with Gasteiger partial charge in [0.1, 0.15) is 5.75 Å². The highest BCUT2D eigenvalue weighted by molar-refractivity contribution is 5.94. The molecule has 0 aliphatic rings. The van der Waals surface area contributed by atoms with E-state index < -0.39 is 6.10 Å². The van der Waals surface area contributed by atoms with Gasteiger partial charge in [-0.25, -0.2) is 0 Å². The van der Waals surface area contributed by atoms with Crippen LogP contribution in [0.1, 0.15) is 27.7 Å². The molecule has 1 N–H and O–H groups in total. The molecule has 0 aliphatic carbocycles. The average Bonchev–Trinajstić information content (AvgIpc) is 2.57. The van der Waals surface area contributed by atoms with Crippen molar-refractivity contribution in [3.05, 3.63) is 54.6 Å². The number of anilines is 2. The second kappa shape index (κ2) is 8.39. The first kappa shape index (κ1) is 17.9. The molecule has 0 saturated carbocycles. The molecule has 24 heavy (non-hydrogen) atoms. The number of amides is 1. The number of rotatable bonds is 7. The van der Waals surface area contributed by atoms with Gasteiger partial charge in [-0.15, -0.1) is 0 Å². The molecular weight excluding hydrogens is 300 g/mol. The van der Waals surface area contributed by atoms with E-state index in [2.05, 4.69) is 31.0 Å². The van der Waals surface area contributed by atoms with E-state index in [1.165, 1.54) is 0 Å². The van der Waals surface area contributed by atoms with Gasteiger partial charge in [0.25, 0.3) is 5.91 Å². The molecule has 4 heteroatoms. The summed E-state index contributed by atoms with van der Waals surface area (Å²) in [6.45, 7) is 9.17. The minimum Gasteiger partial charge on any atom is -0.481 e. The maximum absolute atomic E-state index is 12.3. The molecule has 1 atom stereocenters. The standard InChI is InChI=1S/C20H26N2O2/c1-5-22(15(2)3)18-13-11-17(12-14-18)21-20(23)16(4)24-19-9-7-6-8-10-19/h6-16H,5H2,1-4H3,(H,21,23)/t16-/m1/s1. The number of carbonyl (C=O) groups excluding carboxylic acids is 1. The number of nitrogens with one attached hydrogen (secondary N) is 1. The van der Waals surface area contributed by atoms with Gasteiger partial charge >= 0.3 is 0 Å². The Morgan fingerprint density at radius 1 is 1.04 bits per heavy atom. The third-order valence-corrected chi connectivity index (χ3v) is 3.86. The number of hydrogen-bond acceptors (Lipinski definition) is 3. The maximum Gasteiger partial charge on any atom is 0.265 e. The highest BCUT2D eigenvalue weighted by atomic mass is 16.5. The average molecular weight is 326 g/mol. The summed E-state index contributed by atoms with van der Waals surface area (Å²) in [6.07, 6.45) is -0.560. The van der Waals surface area contributed by atoms with Gasteiger partial charge < -0.3 is 15.0 Å². The van der Waals surface area contributed by atoms with Crippen LogP contribution in [0.15, 0.2) is 54.6 Å². The molecule has 0 unspecified atom stereocenters. The Bertz CT molecular complexity index is 638. The van der Waals surface area contributed by atoms with Crippen molar-refractivity contribution < 1.29 is 9.53 Å². The number of carbonyl (C=O) groups is 1. The van der Waals surface area contributed by atoms with E-state index in [-0.39, 0.29) is 5.91 Å². The largest absolute Gasteiger partial charge is 0.481 e. The Morgan fingerprint density at radius 3 is 2.21 bits per heavy atom. The van der Waals surface area contributed by atoms with Crippen molar-refractivity contribution in [3.63, 3.8) is 0 Å². The third-order valence-electron chi connectivity index (χ3n) is 3.86. The van der Waals surface area contributed by atoms with Crippen molar-refractivity contribution in [2.75, 3.05) is 16.8 Å². The molecular formula is C20H26N2O2. The van der Waals surface area contributed by atoms with E-state index in [4.69, 9.17) is 4.74 Å². The fourth-order valence-electron chi connectivity index (χ4n) is 2.58. The van der Waals surface area contributed by atoms with Gasteiger partial charge in [-0.1, -0.05) is 18.2 Å². The predicted molar refractivity (Wildman–Crippen MR) is 99.8 cm³/mol. The van der Waals surface area contributed by atoms with Crippen LogP contribution >= 0.6 is 0 Å². The Hall–Kier alpha value is -2.49. The van der Waals surface area contributed by atoms with Gasteiger partial charge in [0.2, 0.25) is 0 Å². The normalized spacial score (nSPS) is 11.9. The van der Waals surface area contributed by atoms with E-state index in [0.29, 0.717) is 11.8 Å². The van der Waals surface area contributed by atoms with E-state index in [0.717, 1.165) is 17.9 Å². The molecule has 1 amide bonds. The second-order valence-electron chi connectivity index (χ2n) is 5.99. The van der Waals surface area contributed by atoms with Crippen LogP contribution in [0.3, 0.4) is 0 Å². The number of para-hydroxylation sites is 1. The smallest absolute Gasteiger partial charge is 0.265 e. The predicted octanol–water partition coefficient (Wildman–Crippen LogP) is 4.33. The highest BCUT2D eigenvalue weighted by Crippen LogP contribution is 2.20. The molecule has 2 rings (SSSR count). The molecule has 4 nitrogen and oxygen atoms in total. The first-order valence-electron chi connectivity index (χ1n) is 8.40. The van der Waals surface area contributed by atoms with Crippen LogP contribution in [0.25, 0.3) is 0 Å². The molecule has 128 valence electrons. The minimum absolute atomic E-state index is 0.164. The molecule has 0 fully saturated rings. The summed E-state index contributed by atoms with van der Waals surface area (Å²) < 4.78 is 5.64. The molecule has 0 bridgehead atoms. The van der Waals surface area contributed by atoms with Crippen LogP contribution in [0.4, 0.5) is 11.4 Å². The summed E-state index contributed by atoms with van der Waals surface area (Å²) in [5, 5.41) is 2.89. The van der Waals surface area contributed by atoms with E-state index in [1.807, 2.05) is 54.6 Å². The van der Waals surface area contributed by atoms with Gasteiger partial charge in [0.15, 0.2) is 6.10 Å². The van der Waals surface area contributed by atoms with E-state index in [1.54, 1.807) is 6.92 Å². The summed E-state index contributed by atoms with van der Waals surface area (Å²) in [4.78, 5) is 14.6. The number of ether oxygens (including phenoxy) is 1. The number of nitrogens with zero attached hydrogens (tertiary/aromatic N) is 1. The van der Waals surface area contributed by atoms with Crippen LogP contribution in [0, 0.1) is 0 Å². The van der Waals surface area contributed by atoms with Crippen LogP contribution in [0.5, 0.6) is 5.75 Å². The van der Waals surface area contributed by atoms with Crippen molar-refractivity contribution in [1.29, 1.82) is 0 Å². The first-order valence-corrected chi connectivity index (χ1v) is 8.40. The quantitative estimate of drug-likeness (QED) is 0.823. The Labute approximate surface area is 144 Å². The van der Waals surface area contributed by atoms with Gasteiger partial charge in [0.05, 0.1) is 0 Å². The summed E-state index contributed by atoms with van der Waals surface area (Å²) in [5.74, 6) is 0.522. The van der Waals surface area contributed by atoms with Crippen molar-refractivity contribution in [2.45, 2.75) is 39.8 Å². The molecule has 0 heterocycles. The SMILES string of the molecule is CCN(c1ccc(NC(=O)[C@@H](C)Oc2ccccc2)cc1)C(C)C. The summed E-state index contributed by atoms with van der Waals surface area (Å²) >= 11 is 0.